The first-order chi connectivity index (χ1) is 37.2. The van der Waals surface area contributed by atoms with Crippen LogP contribution in [0.2, 0.25) is 0 Å². The zero-order chi connectivity index (χ0) is 53.1. The summed E-state index contributed by atoms with van der Waals surface area (Å²) in [7, 11) is 0. The lowest BCUT2D eigenvalue weighted by Gasteiger charge is -2.17. The van der Waals surface area contributed by atoms with Crippen molar-refractivity contribution in [3.8, 4) is 33.4 Å². The second kappa shape index (κ2) is 18.2. The molecule has 2 aromatic heterocycles. The van der Waals surface area contributed by atoms with Gasteiger partial charge in [-0.05, 0) is 232 Å². The number of rotatable bonds is 8. The molecule has 0 unspecified atom stereocenters. The van der Waals surface area contributed by atoms with Crippen LogP contribution in [0.15, 0.2) is 202 Å². The smallest absolute Gasteiger partial charge is 0.135 e. The number of hydrogen-bond donors (Lipinski definition) is 0. The molecule has 2 heteroatoms. The van der Waals surface area contributed by atoms with E-state index in [0.29, 0.717) is 0 Å². The lowest BCUT2D eigenvalue weighted by molar-refractivity contribution is 0.664. The van der Waals surface area contributed by atoms with Gasteiger partial charge in [0, 0.05) is 21.5 Å². The van der Waals surface area contributed by atoms with Gasteiger partial charge < -0.3 is 8.83 Å². The molecule has 0 atom stereocenters. The van der Waals surface area contributed by atoms with Gasteiger partial charge in [-0.2, -0.15) is 0 Å². The third kappa shape index (κ3) is 7.67. The Labute approximate surface area is 451 Å². The minimum Gasteiger partial charge on any atom is -0.456 e. The van der Waals surface area contributed by atoms with Crippen molar-refractivity contribution in [3.05, 3.63) is 243 Å². The summed E-state index contributed by atoms with van der Waals surface area (Å²) in [6.07, 6.45) is 3.04. The highest BCUT2D eigenvalue weighted by Gasteiger charge is 2.22. The molecule has 2 nitrogen and oxygen atoms in total. The van der Waals surface area contributed by atoms with Crippen LogP contribution in [0.3, 0.4) is 0 Å². The molecule has 0 spiro atoms. The fourth-order valence-electron chi connectivity index (χ4n) is 13.8. The maximum Gasteiger partial charge on any atom is 0.135 e. The molecule has 11 aromatic carbocycles. The predicted octanol–water partition coefficient (Wildman–Crippen LogP) is 21.8. The van der Waals surface area contributed by atoms with Crippen molar-refractivity contribution in [2.24, 2.45) is 0 Å². The van der Waals surface area contributed by atoms with Crippen LogP contribution in [0.25, 0.3) is 126 Å². The molecule has 13 rings (SSSR count). The fourth-order valence-corrected chi connectivity index (χ4v) is 13.8. The number of hydrogen-bond acceptors (Lipinski definition) is 2. The summed E-state index contributed by atoms with van der Waals surface area (Å²) in [4.78, 5) is 0. The number of fused-ring (bicyclic) bond motifs is 2. The molecule has 0 aliphatic rings. The highest BCUT2D eigenvalue weighted by atomic mass is 16.3. The van der Waals surface area contributed by atoms with Crippen molar-refractivity contribution in [2.45, 2.75) is 75.7 Å². The Kier molecular flexibility index (Phi) is 11.4. The van der Waals surface area contributed by atoms with Gasteiger partial charge in [-0.1, -0.05) is 169 Å². The van der Waals surface area contributed by atoms with E-state index in [1.54, 1.807) is 0 Å². The van der Waals surface area contributed by atoms with E-state index in [0.717, 1.165) is 55.9 Å². The maximum atomic E-state index is 6.99. The lowest BCUT2D eigenvalue weighted by Crippen LogP contribution is -1.97. The zero-order valence-electron chi connectivity index (χ0n) is 45.9. The van der Waals surface area contributed by atoms with Crippen LogP contribution in [0.1, 0.15) is 70.8 Å². The molecule has 0 saturated carbocycles. The van der Waals surface area contributed by atoms with Crippen molar-refractivity contribution < 1.29 is 8.83 Å². The molecule has 2 heterocycles. The van der Waals surface area contributed by atoms with E-state index >= 15 is 0 Å². The van der Waals surface area contributed by atoms with E-state index in [9.17, 15) is 0 Å². The lowest BCUT2D eigenvalue weighted by atomic mass is 9.87. The largest absolute Gasteiger partial charge is 0.456 e. The monoisotopic (exact) mass is 994 g/mol. The molecule has 0 aliphatic heterocycles. The summed E-state index contributed by atoms with van der Waals surface area (Å²) < 4.78 is 14.0. The quantitative estimate of drug-likeness (QED) is 0.142. The first-order valence-corrected chi connectivity index (χ1v) is 27.1. The van der Waals surface area contributed by atoms with Crippen molar-refractivity contribution in [2.75, 3.05) is 0 Å². The van der Waals surface area contributed by atoms with Gasteiger partial charge in [-0.15, -0.1) is 0 Å². The molecular weight excluding hydrogens is 933 g/mol. The van der Waals surface area contributed by atoms with Gasteiger partial charge in [0.05, 0.1) is 0 Å². The molecule has 0 N–H and O–H groups in total. The van der Waals surface area contributed by atoms with Crippen LogP contribution in [-0.4, -0.2) is 0 Å². The van der Waals surface area contributed by atoms with Gasteiger partial charge in [-0.3, -0.25) is 0 Å². The van der Waals surface area contributed by atoms with Gasteiger partial charge in [0.15, 0.2) is 0 Å². The van der Waals surface area contributed by atoms with Crippen LogP contribution in [0, 0.1) is 48.5 Å². The molecule has 0 saturated heterocycles. The summed E-state index contributed by atoms with van der Waals surface area (Å²) in [6, 6.07) is 60.6. The SMILES string of the molecule is C=C(C=C(C)C(=C(C)C)c1ccc2oc3ccc(-c4c(C)cccc4C)c4cccc(c5cccc1c25)c34)Cc1cc(C)c(-c2ccc3oc4ccc(-c5c(C)cc(C)cc5C)c5cccc(c6cccc2c36)c45)c(C)c1. The van der Waals surface area contributed by atoms with Gasteiger partial charge in [-0.25, -0.2) is 0 Å². The third-order valence-electron chi connectivity index (χ3n) is 16.6. The first-order valence-electron chi connectivity index (χ1n) is 27.1. The Morgan fingerprint density at radius 3 is 1.17 bits per heavy atom. The molecule has 0 bridgehead atoms. The topological polar surface area (TPSA) is 26.3 Å². The van der Waals surface area contributed by atoms with E-state index in [-0.39, 0.29) is 0 Å². The molecule has 0 aliphatic carbocycles. The molecule has 0 fully saturated rings. The second-order valence-corrected chi connectivity index (χ2v) is 22.2. The van der Waals surface area contributed by atoms with Crippen LogP contribution in [0.5, 0.6) is 0 Å². The highest BCUT2D eigenvalue weighted by Crippen LogP contribution is 2.46. The average Bonchev–Trinajstić information content (AvgIpc) is 3.69. The Morgan fingerprint density at radius 2 is 0.740 bits per heavy atom. The standard InChI is InChI=1S/C75H62O2/c1-41(2)68(60-27-31-64-72-52(19-13-23-56(60)72)53-20-14-24-57-61(28-32-65(76-64)73(53)57)69-44(5)17-12-18-45(69)6)46(7)37-43(4)38-51-39-49(10)71(50(11)40-51)63-30-34-67-75-55(22-16-26-59(63)75)54-21-15-25-58-62(29-33-66(77-67)74(54)58)70-47(8)35-42(3)36-48(70)9/h12-37,39-40H,4,38H2,1-3,5-11H3. The normalized spacial score (nSPS) is 12.2. The number of benzene rings is 11. The van der Waals surface area contributed by atoms with E-state index in [1.807, 2.05) is 0 Å². The summed E-state index contributed by atoms with van der Waals surface area (Å²) in [5.41, 5.74) is 27.2. The molecular formula is C75H62O2. The Morgan fingerprint density at radius 1 is 0.390 bits per heavy atom. The zero-order valence-corrected chi connectivity index (χ0v) is 45.9. The van der Waals surface area contributed by atoms with Crippen molar-refractivity contribution in [1.29, 1.82) is 0 Å². The maximum absolute atomic E-state index is 6.99. The van der Waals surface area contributed by atoms with Gasteiger partial charge in [0.25, 0.3) is 0 Å². The van der Waals surface area contributed by atoms with E-state index in [4.69, 9.17) is 15.4 Å². The van der Waals surface area contributed by atoms with Crippen molar-refractivity contribution in [1.82, 2.24) is 0 Å². The molecule has 374 valence electrons. The second-order valence-electron chi connectivity index (χ2n) is 22.2. The number of allylic oxidation sites excluding steroid dienone is 5. The fraction of sp³-hybridized carbons (Fsp3) is 0.147. The van der Waals surface area contributed by atoms with Crippen molar-refractivity contribution >= 4 is 92.5 Å². The molecule has 77 heavy (non-hydrogen) atoms. The van der Waals surface area contributed by atoms with Crippen LogP contribution >= 0.6 is 0 Å². The van der Waals surface area contributed by atoms with Crippen LogP contribution < -0.4 is 0 Å². The Bertz CT molecular complexity index is 4700. The van der Waals surface area contributed by atoms with Gasteiger partial charge in [0.1, 0.15) is 22.3 Å². The molecule has 13 aromatic rings. The van der Waals surface area contributed by atoms with Gasteiger partial charge >= 0.3 is 0 Å². The minimum atomic E-state index is 0.739. The molecule has 0 radical (unpaired) electrons. The number of aryl methyl sites for hydroxylation is 7. The van der Waals surface area contributed by atoms with Gasteiger partial charge in [0.2, 0.25) is 0 Å². The highest BCUT2D eigenvalue weighted by molar-refractivity contribution is 6.28. The van der Waals surface area contributed by atoms with Crippen LogP contribution in [-0.2, 0) is 6.42 Å². The Balaban J connectivity index is 0.855. The van der Waals surface area contributed by atoms with E-state index in [2.05, 4.69) is 239 Å². The Hall–Kier alpha value is -8.72. The minimum absolute atomic E-state index is 0.739. The predicted molar refractivity (Wildman–Crippen MR) is 332 cm³/mol. The first kappa shape index (κ1) is 48.0. The van der Waals surface area contributed by atoms with E-state index in [1.165, 1.54) is 143 Å². The summed E-state index contributed by atoms with van der Waals surface area (Å²) in [6.45, 7) is 27.0. The van der Waals surface area contributed by atoms with Crippen LogP contribution in [0.4, 0.5) is 0 Å². The summed E-state index contributed by atoms with van der Waals surface area (Å²) in [5, 5.41) is 14.2. The van der Waals surface area contributed by atoms with E-state index < -0.39 is 0 Å². The summed E-state index contributed by atoms with van der Waals surface area (Å²) in [5.74, 6) is 0. The third-order valence-corrected chi connectivity index (χ3v) is 16.6. The average molecular weight is 995 g/mol. The van der Waals surface area contributed by atoms with Crippen molar-refractivity contribution in [3.63, 3.8) is 0 Å². The summed E-state index contributed by atoms with van der Waals surface area (Å²) >= 11 is 0. The molecule has 0 amide bonds.